The van der Waals surface area contributed by atoms with Gasteiger partial charge in [-0.05, 0) is 46.7 Å². The average molecular weight is 397 g/mol. The number of carbonyl (C=O) groups is 1. The Kier molecular flexibility index (Phi) is 6.23. The van der Waals surface area contributed by atoms with Gasteiger partial charge in [0.25, 0.3) is 0 Å². The normalized spacial score (nSPS) is 23.5. The van der Waals surface area contributed by atoms with E-state index < -0.39 is 0 Å². The van der Waals surface area contributed by atoms with Gasteiger partial charge in [-0.1, -0.05) is 51.0 Å². The van der Waals surface area contributed by atoms with Gasteiger partial charge in [0.15, 0.2) is 0 Å². The maximum absolute atomic E-state index is 13.4. The summed E-state index contributed by atoms with van der Waals surface area (Å²) in [5.74, 6) is 0.804. The van der Waals surface area contributed by atoms with E-state index in [1.54, 1.807) is 6.33 Å². The molecule has 2 aromatic rings. The van der Waals surface area contributed by atoms with Gasteiger partial charge in [0.1, 0.15) is 6.33 Å². The number of benzene rings is 1. The summed E-state index contributed by atoms with van der Waals surface area (Å²) in [4.78, 5) is 17.9. The van der Waals surface area contributed by atoms with Crippen LogP contribution in [0, 0.1) is 0 Å². The van der Waals surface area contributed by atoms with E-state index in [9.17, 15) is 4.79 Å². The third-order valence-electron chi connectivity index (χ3n) is 6.36. The highest BCUT2D eigenvalue weighted by Crippen LogP contribution is 2.30. The fourth-order valence-electron chi connectivity index (χ4n) is 4.58. The predicted octanol–water partition coefficient (Wildman–Crippen LogP) is 3.01. The van der Waals surface area contributed by atoms with Gasteiger partial charge in [0, 0.05) is 26.2 Å². The predicted molar refractivity (Wildman–Crippen MR) is 111 cm³/mol. The molecule has 2 aliphatic heterocycles. The summed E-state index contributed by atoms with van der Waals surface area (Å²) in [5, 5.41) is 11.7. The molecule has 0 saturated carbocycles. The summed E-state index contributed by atoms with van der Waals surface area (Å²) in [6, 6.07) is 8.86. The van der Waals surface area contributed by atoms with E-state index in [1.165, 1.54) is 24.0 Å². The summed E-state index contributed by atoms with van der Waals surface area (Å²) < 4.78 is 1.81. The van der Waals surface area contributed by atoms with Crippen molar-refractivity contribution in [2.75, 3.05) is 19.6 Å². The van der Waals surface area contributed by atoms with E-state index >= 15 is 0 Å². The number of carbonyl (C=O) groups excluding carboxylic acids is 1. The smallest absolute Gasteiger partial charge is 0.240 e. The van der Waals surface area contributed by atoms with Crippen molar-refractivity contribution in [3.05, 3.63) is 41.7 Å². The topological polar surface area (TPSA) is 67.2 Å². The SMILES string of the molecule is CC(C)c1ccc(CN2C[C@@H](n3cnnn3)C[C@H]2C(=O)N2CCCCCC2)cc1. The van der Waals surface area contributed by atoms with Crippen molar-refractivity contribution in [1.82, 2.24) is 30.0 Å². The van der Waals surface area contributed by atoms with E-state index in [1.807, 2.05) is 4.68 Å². The molecule has 4 rings (SSSR count). The molecular formula is C22H32N6O. The Balaban J connectivity index is 1.51. The van der Waals surface area contributed by atoms with Crippen LogP contribution >= 0.6 is 0 Å². The molecule has 2 saturated heterocycles. The average Bonchev–Trinajstić information content (AvgIpc) is 3.31. The lowest BCUT2D eigenvalue weighted by molar-refractivity contribution is -0.136. The zero-order chi connectivity index (χ0) is 20.2. The van der Waals surface area contributed by atoms with Crippen LogP contribution in [0.5, 0.6) is 0 Å². The molecule has 2 aliphatic rings. The molecule has 7 heteroatoms. The number of nitrogens with zero attached hydrogens (tertiary/aromatic N) is 6. The van der Waals surface area contributed by atoms with E-state index in [2.05, 4.69) is 63.4 Å². The molecule has 0 spiro atoms. The van der Waals surface area contributed by atoms with Gasteiger partial charge in [-0.3, -0.25) is 9.69 Å². The largest absolute Gasteiger partial charge is 0.341 e. The van der Waals surface area contributed by atoms with Crippen LogP contribution in [-0.2, 0) is 11.3 Å². The standard InChI is InChI=1S/C22H32N6O/c1-17(2)19-9-7-18(8-10-19)14-27-15-20(28-16-23-24-25-28)13-21(27)22(29)26-11-5-3-4-6-12-26/h7-10,16-17,20-21H,3-6,11-15H2,1-2H3/t20-,21-/m0/s1. The molecule has 1 aromatic carbocycles. The fraction of sp³-hybridized carbons (Fsp3) is 0.636. The highest BCUT2D eigenvalue weighted by Gasteiger charge is 2.40. The van der Waals surface area contributed by atoms with Crippen molar-refractivity contribution in [3.8, 4) is 0 Å². The van der Waals surface area contributed by atoms with Crippen LogP contribution in [0.25, 0.3) is 0 Å². The monoisotopic (exact) mass is 396 g/mol. The summed E-state index contributed by atoms with van der Waals surface area (Å²) in [5.41, 5.74) is 2.60. The summed E-state index contributed by atoms with van der Waals surface area (Å²) in [6.07, 6.45) is 7.13. The van der Waals surface area contributed by atoms with Gasteiger partial charge in [-0.25, -0.2) is 4.68 Å². The molecule has 1 aromatic heterocycles. The molecule has 0 aliphatic carbocycles. The highest BCUT2D eigenvalue weighted by atomic mass is 16.2. The minimum atomic E-state index is -0.105. The summed E-state index contributed by atoms with van der Waals surface area (Å²) in [6.45, 7) is 7.77. The van der Waals surface area contributed by atoms with E-state index in [4.69, 9.17) is 0 Å². The van der Waals surface area contributed by atoms with Crippen LogP contribution in [0.3, 0.4) is 0 Å². The molecule has 0 bridgehead atoms. The number of amides is 1. The lowest BCUT2D eigenvalue weighted by Crippen LogP contribution is -2.45. The molecule has 0 N–H and O–H groups in total. The molecule has 156 valence electrons. The molecule has 3 heterocycles. The van der Waals surface area contributed by atoms with Crippen molar-refractivity contribution >= 4 is 5.91 Å². The van der Waals surface area contributed by atoms with Gasteiger partial charge in [-0.2, -0.15) is 0 Å². The Bertz CT molecular complexity index is 780. The molecule has 7 nitrogen and oxygen atoms in total. The lowest BCUT2D eigenvalue weighted by atomic mass is 10.0. The molecule has 0 unspecified atom stereocenters. The first kappa shape index (κ1) is 20.0. The Morgan fingerprint density at radius 3 is 2.45 bits per heavy atom. The fourth-order valence-corrected chi connectivity index (χ4v) is 4.58. The summed E-state index contributed by atoms with van der Waals surface area (Å²) in [7, 11) is 0. The molecular weight excluding hydrogens is 364 g/mol. The first-order valence-corrected chi connectivity index (χ1v) is 11.0. The zero-order valence-corrected chi connectivity index (χ0v) is 17.6. The van der Waals surface area contributed by atoms with Crippen LogP contribution in [0.1, 0.15) is 69.0 Å². The van der Waals surface area contributed by atoms with E-state index in [-0.39, 0.29) is 18.0 Å². The van der Waals surface area contributed by atoms with Gasteiger partial charge in [0.05, 0.1) is 12.1 Å². The minimum absolute atomic E-state index is 0.105. The van der Waals surface area contributed by atoms with Crippen molar-refractivity contribution in [2.24, 2.45) is 0 Å². The van der Waals surface area contributed by atoms with Crippen LogP contribution in [0.4, 0.5) is 0 Å². The highest BCUT2D eigenvalue weighted by molar-refractivity contribution is 5.82. The van der Waals surface area contributed by atoms with Crippen LogP contribution < -0.4 is 0 Å². The third-order valence-corrected chi connectivity index (χ3v) is 6.36. The van der Waals surface area contributed by atoms with Crippen molar-refractivity contribution < 1.29 is 4.79 Å². The zero-order valence-electron chi connectivity index (χ0n) is 17.6. The maximum Gasteiger partial charge on any atom is 0.240 e. The van der Waals surface area contributed by atoms with Crippen LogP contribution in [-0.4, -0.2) is 61.6 Å². The van der Waals surface area contributed by atoms with Crippen LogP contribution in [0.2, 0.25) is 0 Å². The number of rotatable bonds is 5. The van der Waals surface area contributed by atoms with E-state index in [0.717, 1.165) is 45.4 Å². The van der Waals surface area contributed by atoms with Gasteiger partial charge in [-0.15, -0.1) is 5.10 Å². The third kappa shape index (κ3) is 4.66. The van der Waals surface area contributed by atoms with Gasteiger partial charge >= 0.3 is 0 Å². The first-order valence-electron chi connectivity index (χ1n) is 11.0. The van der Waals surface area contributed by atoms with Crippen molar-refractivity contribution in [3.63, 3.8) is 0 Å². The Labute approximate surface area is 173 Å². The Hall–Kier alpha value is -2.28. The van der Waals surface area contributed by atoms with Crippen LogP contribution in [0.15, 0.2) is 30.6 Å². The van der Waals surface area contributed by atoms with Crippen molar-refractivity contribution in [2.45, 2.75) is 70.5 Å². The second kappa shape index (κ2) is 9.03. The molecule has 1 amide bonds. The first-order chi connectivity index (χ1) is 14.1. The number of aromatic nitrogens is 4. The van der Waals surface area contributed by atoms with Gasteiger partial charge < -0.3 is 4.90 Å². The minimum Gasteiger partial charge on any atom is -0.341 e. The second-order valence-corrected chi connectivity index (χ2v) is 8.76. The van der Waals surface area contributed by atoms with E-state index in [0.29, 0.717) is 5.92 Å². The van der Waals surface area contributed by atoms with Gasteiger partial charge in [0.2, 0.25) is 5.91 Å². The molecule has 2 atom stereocenters. The maximum atomic E-state index is 13.4. The molecule has 0 radical (unpaired) electrons. The molecule has 29 heavy (non-hydrogen) atoms. The number of hydrogen-bond donors (Lipinski definition) is 0. The van der Waals surface area contributed by atoms with Crippen molar-refractivity contribution in [1.29, 1.82) is 0 Å². The molecule has 2 fully saturated rings. The quantitative estimate of drug-likeness (QED) is 0.777. The summed E-state index contributed by atoms with van der Waals surface area (Å²) >= 11 is 0. The lowest BCUT2D eigenvalue weighted by Gasteiger charge is -2.29. The number of tetrazole rings is 1. The number of hydrogen-bond acceptors (Lipinski definition) is 5. The Morgan fingerprint density at radius 2 is 1.83 bits per heavy atom. The Morgan fingerprint density at radius 1 is 1.10 bits per heavy atom. The number of likely N-dealkylation sites (tertiary alicyclic amines) is 2. The second-order valence-electron chi connectivity index (χ2n) is 8.76.